The summed E-state index contributed by atoms with van der Waals surface area (Å²) >= 11 is 0. The summed E-state index contributed by atoms with van der Waals surface area (Å²) in [5.41, 5.74) is -0.225. The maximum atomic E-state index is 9.61. The molecule has 1 heterocycles. The van der Waals surface area contributed by atoms with E-state index >= 15 is 0 Å². The largest absolute Gasteiger partial charge is 0.301 e. The van der Waals surface area contributed by atoms with Crippen molar-refractivity contribution in [3.63, 3.8) is 0 Å². The van der Waals surface area contributed by atoms with E-state index in [1.54, 1.807) is 0 Å². The van der Waals surface area contributed by atoms with Gasteiger partial charge in [0.2, 0.25) is 0 Å². The predicted molar refractivity (Wildman–Crippen MR) is 80.4 cm³/mol. The average Bonchev–Trinajstić information content (AvgIpc) is 3.17. The molecule has 4 heteroatoms. The highest BCUT2D eigenvalue weighted by atomic mass is 15.3. The summed E-state index contributed by atoms with van der Waals surface area (Å²) in [5, 5.41) is 13.2. The summed E-state index contributed by atoms with van der Waals surface area (Å²) in [7, 11) is 2.24. The molecular formula is C16H28N4. The van der Waals surface area contributed by atoms with Gasteiger partial charge < -0.3 is 4.90 Å². The number of rotatable bonds is 4. The summed E-state index contributed by atoms with van der Waals surface area (Å²) in [5.74, 6) is 0. The Hall–Kier alpha value is -0.630. The zero-order chi connectivity index (χ0) is 14.2. The van der Waals surface area contributed by atoms with Gasteiger partial charge in [-0.3, -0.25) is 10.2 Å². The molecule has 0 aromatic carbocycles. The van der Waals surface area contributed by atoms with Crippen LogP contribution in [0.2, 0.25) is 0 Å². The van der Waals surface area contributed by atoms with E-state index < -0.39 is 0 Å². The number of piperazine rings is 1. The number of hydrogen-bond acceptors (Lipinski definition) is 4. The summed E-state index contributed by atoms with van der Waals surface area (Å²) in [6.07, 6.45) is 7.01. The van der Waals surface area contributed by atoms with Crippen LogP contribution in [-0.4, -0.2) is 60.1 Å². The highest BCUT2D eigenvalue weighted by Crippen LogP contribution is 2.36. The lowest BCUT2D eigenvalue weighted by Crippen LogP contribution is -2.54. The molecule has 2 aliphatic carbocycles. The zero-order valence-corrected chi connectivity index (χ0v) is 12.9. The van der Waals surface area contributed by atoms with Crippen LogP contribution in [-0.2, 0) is 0 Å². The Morgan fingerprint density at radius 1 is 1.30 bits per heavy atom. The van der Waals surface area contributed by atoms with Crippen LogP contribution >= 0.6 is 0 Å². The number of nitriles is 1. The Bertz CT molecular complexity index is 386. The normalized spacial score (nSPS) is 39.9. The zero-order valence-electron chi connectivity index (χ0n) is 12.9. The minimum atomic E-state index is -0.225. The highest BCUT2D eigenvalue weighted by molar-refractivity contribution is 5.15. The van der Waals surface area contributed by atoms with Gasteiger partial charge in [0.1, 0.15) is 5.54 Å². The minimum Gasteiger partial charge on any atom is -0.301 e. The van der Waals surface area contributed by atoms with Crippen molar-refractivity contribution >= 4 is 0 Å². The van der Waals surface area contributed by atoms with Gasteiger partial charge >= 0.3 is 0 Å². The molecule has 3 unspecified atom stereocenters. The summed E-state index contributed by atoms with van der Waals surface area (Å²) in [6, 6.07) is 4.54. The number of nitrogens with one attached hydrogen (secondary N) is 1. The lowest BCUT2D eigenvalue weighted by molar-refractivity contribution is 0.0624. The molecule has 1 saturated heterocycles. The molecule has 20 heavy (non-hydrogen) atoms. The average molecular weight is 276 g/mol. The van der Waals surface area contributed by atoms with Gasteiger partial charge in [-0.1, -0.05) is 6.92 Å². The first-order valence-electron chi connectivity index (χ1n) is 8.29. The molecule has 4 nitrogen and oxygen atoms in total. The lowest BCUT2D eigenvalue weighted by atomic mass is 9.98. The van der Waals surface area contributed by atoms with Crippen molar-refractivity contribution in [2.45, 2.75) is 69.1 Å². The molecule has 0 radical (unpaired) electrons. The van der Waals surface area contributed by atoms with E-state index in [4.69, 9.17) is 0 Å². The SMILES string of the molecule is CCC1CN(C2CCC(C#N)(NC3CC3)C2)CCN1C. The van der Waals surface area contributed by atoms with Crippen LogP contribution in [0.5, 0.6) is 0 Å². The molecule has 1 N–H and O–H groups in total. The predicted octanol–water partition coefficient (Wildman–Crippen LogP) is 1.58. The summed E-state index contributed by atoms with van der Waals surface area (Å²) < 4.78 is 0. The van der Waals surface area contributed by atoms with E-state index in [2.05, 4.69) is 35.2 Å². The third-order valence-corrected chi connectivity index (χ3v) is 5.56. The fourth-order valence-corrected chi connectivity index (χ4v) is 3.96. The smallest absolute Gasteiger partial charge is 0.108 e. The maximum Gasteiger partial charge on any atom is 0.108 e. The molecule has 2 saturated carbocycles. The topological polar surface area (TPSA) is 42.3 Å². The second kappa shape index (κ2) is 5.63. The molecule has 0 amide bonds. The van der Waals surface area contributed by atoms with Crippen LogP contribution in [0, 0.1) is 11.3 Å². The fraction of sp³-hybridized carbons (Fsp3) is 0.938. The van der Waals surface area contributed by atoms with Gasteiger partial charge in [0.25, 0.3) is 0 Å². The van der Waals surface area contributed by atoms with Crippen LogP contribution in [0.3, 0.4) is 0 Å². The Balaban J connectivity index is 1.60. The van der Waals surface area contributed by atoms with Crippen molar-refractivity contribution in [3.8, 4) is 6.07 Å². The monoisotopic (exact) mass is 276 g/mol. The van der Waals surface area contributed by atoms with Crippen molar-refractivity contribution < 1.29 is 0 Å². The summed E-state index contributed by atoms with van der Waals surface area (Å²) in [6.45, 7) is 5.81. The van der Waals surface area contributed by atoms with Crippen LogP contribution in [0.15, 0.2) is 0 Å². The number of hydrogen-bond donors (Lipinski definition) is 1. The third kappa shape index (κ3) is 2.86. The first-order valence-corrected chi connectivity index (χ1v) is 8.29. The third-order valence-electron chi connectivity index (χ3n) is 5.56. The van der Waals surface area contributed by atoms with Crippen LogP contribution < -0.4 is 5.32 Å². The van der Waals surface area contributed by atoms with E-state index in [0.717, 1.165) is 12.8 Å². The molecule has 3 rings (SSSR count). The molecular weight excluding hydrogens is 248 g/mol. The van der Waals surface area contributed by atoms with E-state index in [-0.39, 0.29) is 5.54 Å². The molecule has 0 spiro atoms. The number of nitrogens with zero attached hydrogens (tertiary/aromatic N) is 3. The fourth-order valence-electron chi connectivity index (χ4n) is 3.96. The second-order valence-corrected chi connectivity index (χ2v) is 7.05. The van der Waals surface area contributed by atoms with Gasteiger partial charge in [-0.15, -0.1) is 0 Å². The Kier molecular flexibility index (Phi) is 4.03. The minimum absolute atomic E-state index is 0.225. The molecule has 3 atom stereocenters. The van der Waals surface area contributed by atoms with Crippen molar-refractivity contribution in [2.75, 3.05) is 26.7 Å². The van der Waals surface area contributed by atoms with Gasteiger partial charge in [0, 0.05) is 37.8 Å². The molecule has 0 aromatic rings. The van der Waals surface area contributed by atoms with Gasteiger partial charge in [0.15, 0.2) is 0 Å². The number of likely N-dealkylation sites (N-methyl/N-ethyl adjacent to an activating group) is 1. The van der Waals surface area contributed by atoms with Crippen molar-refractivity contribution in [1.82, 2.24) is 15.1 Å². The standard InChI is InChI=1S/C16H28N4/c1-3-14-11-20(9-8-19(14)2)15-6-7-16(10-15,12-17)18-13-4-5-13/h13-15,18H,3-11H2,1-2H3. The molecule has 3 fully saturated rings. The quantitative estimate of drug-likeness (QED) is 0.846. The molecule has 0 aromatic heterocycles. The first-order chi connectivity index (χ1) is 9.65. The Labute approximate surface area is 123 Å². The Morgan fingerprint density at radius 3 is 2.75 bits per heavy atom. The van der Waals surface area contributed by atoms with E-state index in [1.807, 2.05) is 0 Å². The maximum absolute atomic E-state index is 9.61. The highest BCUT2D eigenvalue weighted by Gasteiger charge is 2.45. The molecule has 0 bridgehead atoms. The molecule has 112 valence electrons. The molecule has 1 aliphatic heterocycles. The first kappa shape index (κ1) is 14.3. The van der Waals surface area contributed by atoms with Crippen molar-refractivity contribution in [2.24, 2.45) is 0 Å². The Morgan fingerprint density at radius 2 is 2.10 bits per heavy atom. The van der Waals surface area contributed by atoms with E-state index in [9.17, 15) is 5.26 Å². The molecule has 3 aliphatic rings. The van der Waals surface area contributed by atoms with E-state index in [1.165, 1.54) is 45.3 Å². The van der Waals surface area contributed by atoms with Crippen LogP contribution in [0.1, 0.15) is 45.4 Å². The second-order valence-electron chi connectivity index (χ2n) is 7.05. The van der Waals surface area contributed by atoms with Gasteiger partial charge in [0.05, 0.1) is 6.07 Å². The lowest BCUT2D eigenvalue weighted by Gasteiger charge is -2.42. The van der Waals surface area contributed by atoms with Gasteiger partial charge in [-0.2, -0.15) is 5.26 Å². The van der Waals surface area contributed by atoms with Gasteiger partial charge in [-0.25, -0.2) is 0 Å². The van der Waals surface area contributed by atoms with Gasteiger partial charge in [-0.05, 0) is 45.6 Å². The summed E-state index contributed by atoms with van der Waals surface area (Å²) in [4.78, 5) is 5.15. The van der Waals surface area contributed by atoms with Crippen molar-refractivity contribution in [3.05, 3.63) is 0 Å². The van der Waals surface area contributed by atoms with Crippen LogP contribution in [0.25, 0.3) is 0 Å². The van der Waals surface area contributed by atoms with E-state index in [0.29, 0.717) is 18.1 Å². The van der Waals surface area contributed by atoms with Crippen LogP contribution in [0.4, 0.5) is 0 Å². The van der Waals surface area contributed by atoms with Crippen molar-refractivity contribution in [1.29, 1.82) is 5.26 Å².